The zero-order chi connectivity index (χ0) is 13.6. The molecular weight excluding hydrogens is 320 g/mol. The van der Waals surface area contributed by atoms with Gasteiger partial charge in [-0.1, -0.05) is 15.9 Å². The summed E-state index contributed by atoms with van der Waals surface area (Å²) >= 11 is 3.16. The highest BCUT2D eigenvalue weighted by Gasteiger charge is 2.27. The van der Waals surface area contributed by atoms with Crippen LogP contribution in [-0.4, -0.2) is 26.0 Å². The third-order valence-corrected chi connectivity index (χ3v) is 2.52. The average molecular weight is 331 g/mol. The van der Waals surface area contributed by atoms with Crippen molar-refractivity contribution < 1.29 is 27.0 Å². The van der Waals surface area contributed by atoms with E-state index in [0.717, 1.165) is 0 Å². The molecule has 0 saturated heterocycles. The van der Waals surface area contributed by atoms with Crippen molar-refractivity contribution in [2.45, 2.75) is 11.5 Å². The minimum atomic E-state index is -4.34. The smallest absolute Gasteiger partial charge is 0.411 e. The van der Waals surface area contributed by atoms with Crippen LogP contribution < -0.4 is 4.74 Å². The predicted octanol–water partition coefficient (Wildman–Crippen LogP) is 3.68. The second-order valence-electron chi connectivity index (χ2n) is 3.40. The molecule has 0 aliphatic rings. The summed E-state index contributed by atoms with van der Waals surface area (Å²) in [6, 6.07) is 3.94. The molecule has 0 saturated carbocycles. The highest BCUT2D eigenvalue weighted by molar-refractivity contribution is 9.08. The fraction of sp³-hybridized carbons (Fsp3) is 0.455. The van der Waals surface area contributed by atoms with Crippen LogP contribution in [0.4, 0.5) is 17.6 Å². The first-order valence-corrected chi connectivity index (χ1v) is 6.16. The second kappa shape index (κ2) is 6.94. The molecule has 0 aliphatic heterocycles. The molecule has 0 fully saturated rings. The fourth-order valence-corrected chi connectivity index (χ4v) is 1.63. The minimum absolute atomic E-state index is 0.0261. The summed E-state index contributed by atoms with van der Waals surface area (Å²) in [4.78, 5) is 0. The van der Waals surface area contributed by atoms with Gasteiger partial charge in [-0.05, 0) is 18.2 Å². The Morgan fingerprint density at radius 2 is 1.89 bits per heavy atom. The number of halogens is 5. The van der Waals surface area contributed by atoms with E-state index in [4.69, 9.17) is 4.74 Å². The number of rotatable bonds is 6. The van der Waals surface area contributed by atoms with Crippen LogP contribution in [0.25, 0.3) is 0 Å². The maximum atomic E-state index is 12.9. The first-order chi connectivity index (χ1) is 8.42. The van der Waals surface area contributed by atoms with Gasteiger partial charge in [-0.2, -0.15) is 13.2 Å². The van der Waals surface area contributed by atoms with E-state index in [2.05, 4.69) is 20.7 Å². The third-order valence-electron chi connectivity index (χ3n) is 1.92. The van der Waals surface area contributed by atoms with Crippen LogP contribution in [-0.2, 0) is 10.1 Å². The van der Waals surface area contributed by atoms with Gasteiger partial charge in [-0.15, -0.1) is 0 Å². The Morgan fingerprint density at radius 1 is 1.17 bits per heavy atom. The lowest BCUT2D eigenvalue weighted by atomic mass is 10.2. The van der Waals surface area contributed by atoms with Gasteiger partial charge in [0.2, 0.25) is 0 Å². The molecular formula is C11H11BrF4O2. The molecule has 1 aromatic carbocycles. The maximum absolute atomic E-state index is 12.9. The Labute approximate surface area is 110 Å². The molecule has 0 aliphatic carbocycles. The van der Waals surface area contributed by atoms with Crippen molar-refractivity contribution in [1.82, 2.24) is 0 Å². The van der Waals surface area contributed by atoms with Gasteiger partial charge in [0.05, 0.1) is 6.61 Å². The van der Waals surface area contributed by atoms with Gasteiger partial charge in [0.15, 0.2) is 0 Å². The maximum Gasteiger partial charge on any atom is 0.411 e. The number of hydrogen-bond donors (Lipinski definition) is 0. The Bertz CT molecular complexity index is 382. The molecule has 0 bridgehead atoms. The number of ether oxygens (including phenoxy) is 2. The molecule has 2 nitrogen and oxygen atoms in total. The van der Waals surface area contributed by atoms with E-state index in [1.165, 1.54) is 18.2 Å². The lowest BCUT2D eigenvalue weighted by Crippen LogP contribution is -2.19. The predicted molar refractivity (Wildman–Crippen MR) is 61.4 cm³/mol. The van der Waals surface area contributed by atoms with Crippen molar-refractivity contribution in [3.8, 4) is 5.75 Å². The third kappa shape index (κ3) is 5.68. The van der Waals surface area contributed by atoms with Gasteiger partial charge in [0, 0.05) is 10.9 Å². The molecule has 1 rings (SSSR count). The van der Waals surface area contributed by atoms with E-state index in [0.29, 0.717) is 16.6 Å². The zero-order valence-electron chi connectivity index (χ0n) is 9.27. The first-order valence-electron chi connectivity index (χ1n) is 5.04. The Hall–Kier alpha value is -0.820. The van der Waals surface area contributed by atoms with Gasteiger partial charge < -0.3 is 9.47 Å². The summed E-state index contributed by atoms with van der Waals surface area (Å²) in [5.74, 6) is 0.0222. The molecule has 18 heavy (non-hydrogen) atoms. The van der Waals surface area contributed by atoms with E-state index in [1.807, 2.05) is 0 Å². The second-order valence-corrected chi connectivity index (χ2v) is 3.96. The van der Waals surface area contributed by atoms with Gasteiger partial charge in [0.1, 0.15) is 24.8 Å². The summed E-state index contributed by atoms with van der Waals surface area (Å²) in [6.45, 7) is -1.51. The van der Waals surface area contributed by atoms with Crippen LogP contribution in [0.5, 0.6) is 5.75 Å². The standard InChI is InChI=1S/C11H11BrF4O2/c12-6-8-5-9(13)1-2-10(8)18-4-3-17-7-11(14,15)16/h1-2,5H,3-4,6-7H2. The number of alkyl halides is 4. The Morgan fingerprint density at radius 3 is 2.50 bits per heavy atom. The summed E-state index contributed by atoms with van der Waals surface area (Å²) in [5.41, 5.74) is 0.589. The average Bonchev–Trinajstić information content (AvgIpc) is 2.28. The van der Waals surface area contributed by atoms with Crippen LogP contribution in [0, 0.1) is 5.82 Å². The van der Waals surface area contributed by atoms with Crippen molar-refractivity contribution >= 4 is 15.9 Å². The topological polar surface area (TPSA) is 18.5 Å². The SMILES string of the molecule is Fc1ccc(OCCOCC(F)(F)F)c(CBr)c1. The molecule has 0 amide bonds. The molecule has 7 heteroatoms. The largest absolute Gasteiger partial charge is 0.491 e. The minimum Gasteiger partial charge on any atom is -0.491 e. The summed E-state index contributed by atoms with van der Waals surface area (Å²) < 4.78 is 57.7. The molecule has 1 aromatic rings. The van der Waals surface area contributed by atoms with Crippen LogP contribution in [0.3, 0.4) is 0 Å². The van der Waals surface area contributed by atoms with Crippen molar-refractivity contribution in [1.29, 1.82) is 0 Å². The van der Waals surface area contributed by atoms with E-state index < -0.39 is 18.6 Å². The van der Waals surface area contributed by atoms with E-state index in [9.17, 15) is 17.6 Å². The highest BCUT2D eigenvalue weighted by Crippen LogP contribution is 2.22. The van der Waals surface area contributed by atoms with Crippen molar-refractivity contribution in [2.75, 3.05) is 19.8 Å². The fourth-order valence-electron chi connectivity index (χ4n) is 1.19. The van der Waals surface area contributed by atoms with Gasteiger partial charge >= 0.3 is 6.18 Å². The van der Waals surface area contributed by atoms with Crippen LogP contribution in [0.1, 0.15) is 5.56 Å². The molecule has 102 valence electrons. The molecule has 0 radical (unpaired) electrons. The summed E-state index contributed by atoms with van der Waals surface area (Å²) in [7, 11) is 0. The summed E-state index contributed by atoms with van der Waals surface area (Å²) in [6.07, 6.45) is -4.34. The molecule has 0 aromatic heterocycles. The number of benzene rings is 1. The monoisotopic (exact) mass is 330 g/mol. The van der Waals surface area contributed by atoms with Gasteiger partial charge in [0.25, 0.3) is 0 Å². The van der Waals surface area contributed by atoms with Crippen LogP contribution >= 0.6 is 15.9 Å². The summed E-state index contributed by atoms with van der Waals surface area (Å²) in [5, 5.41) is 0.392. The quantitative estimate of drug-likeness (QED) is 0.450. The molecule has 0 heterocycles. The van der Waals surface area contributed by atoms with Crippen molar-refractivity contribution in [3.63, 3.8) is 0 Å². The Kier molecular flexibility index (Phi) is 5.87. The lowest BCUT2D eigenvalue weighted by molar-refractivity contribution is -0.175. The van der Waals surface area contributed by atoms with Crippen molar-refractivity contribution in [2.24, 2.45) is 0 Å². The Balaban J connectivity index is 2.35. The zero-order valence-corrected chi connectivity index (χ0v) is 10.9. The van der Waals surface area contributed by atoms with Gasteiger partial charge in [-0.25, -0.2) is 4.39 Å². The van der Waals surface area contributed by atoms with Crippen LogP contribution in [0.2, 0.25) is 0 Å². The normalized spacial score (nSPS) is 11.6. The number of hydrogen-bond acceptors (Lipinski definition) is 2. The van der Waals surface area contributed by atoms with Crippen LogP contribution in [0.15, 0.2) is 18.2 Å². The molecule has 0 spiro atoms. The first kappa shape index (κ1) is 15.2. The van der Waals surface area contributed by atoms with E-state index >= 15 is 0 Å². The molecule has 0 unspecified atom stereocenters. The lowest BCUT2D eigenvalue weighted by Gasteiger charge is -2.11. The molecule has 0 atom stereocenters. The van der Waals surface area contributed by atoms with E-state index in [-0.39, 0.29) is 13.2 Å². The van der Waals surface area contributed by atoms with Gasteiger partial charge in [-0.3, -0.25) is 0 Å². The van der Waals surface area contributed by atoms with E-state index in [1.54, 1.807) is 0 Å². The highest BCUT2D eigenvalue weighted by atomic mass is 79.9. The van der Waals surface area contributed by atoms with Crippen molar-refractivity contribution in [3.05, 3.63) is 29.6 Å². The molecule has 0 N–H and O–H groups in total.